The molecule has 4 nitrogen and oxygen atoms in total. The van der Waals surface area contributed by atoms with Gasteiger partial charge < -0.3 is 0 Å². The van der Waals surface area contributed by atoms with Crippen molar-refractivity contribution in [1.82, 2.24) is 9.97 Å². The third-order valence-corrected chi connectivity index (χ3v) is 2.59. The van der Waals surface area contributed by atoms with Crippen LogP contribution in [0.4, 0.5) is 14.7 Å². The summed E-state index contributed by atoms with van der Waals surface area (Å²) in [6.07, 6.45) is 1.46. The minimum Gasteiger partial charge on any atom is -0.290 e. The van der Waals surface area contributed by atoms with Crippen LogP contribution in [0.5, 0.6) is 0 Å². The maximum Gasteiger partial charge on any atom is 0.259 e. The fourth-order valence-electron chi connectivity index (χ4n) is 1.37. The summed E-state index contributed by atoms with van der Waals surface area (Å²) in [4.78, 5) is 19.6. The van der Waals surface area contributed by atoms with Crippen molar-refractivity contribution in [2.24, 2.45) is 0 Å². The van der Waals surface area contributed by atoms with E-state index in [1.807, 2.05) is 0 Å². The Bertz CT molecular complexity index is 649. The first kappa shape index (κ1) is 13.4. The zero-order valence-electron chi connectivity index (χ0n) is 9.75. The first-order valence-corrected chi connectivity index (χ1v) is 5.60. The number of anilines is 1. The quantitative estimate of drug-likeness (QED) is 0.862. The number of amides is 1. The van der Waals surface area contributed by atoms with E-state index in [0.29, 0.717) is 5.69 Å². The molecule has 0 saturated heterocycles. The zero-order valence-corrected chi connectivity index (χ0v) is 10.5. The molecule has 7 heteroatoms. The van der Waals surface area contributed by atoms with Gasteiger partial charge in [0.05, 0.1) is 10.6 Å². The summed E-state index contributed by atoms with van der Waals surface area (Å²) in [7, 11) is 0. The number of rotatable bonds is 2. The predicted molar refractivity (Wildman–Crippen MR) is 66.1 cm³/mol. The molecule has 1 heterocycles. The number of hydrogen-bond donors (Lipinski definition) is 1. The molecule has 0 radical (unpaired) electrons. The van der Waals surface area contributed by atoms with Gasteiger partial charge in [-0.05, 0) is 25.1 Å². The fraction of sp³-hybridized carbons (Fsp3) is 0.0833. The molecule has 19 heavy (non-hydrogen) atoms. The maximum atomic E-state index is 13.1. The van der Waals surface area contributed by atoms with Crippen LogP contribution in [0, 0.1) is 18.6 Å². The van der Waals surface area contributed by atoms with Gasteiger partial charge in [0.15, 0.2) is 11.6 Å². The molecule has 2 rings (SSSR count). The molecule has 1 aromatic carbocycles. The van der Waals surface area contributed by atoms with Crippen LogP contribution < -0.4 is 5.32 Å². The van der Waals surface area contributed by atoms with Crippen molar-refractivity contribution in [2.45, 2.75) is 6.92 Å². The van der Waals surface area contributed by atoms with Gasteiger partial charge in [-0.1, -0.05) is 11.6 Å². The number of nitrogens with zero attached hydrogens (tertiary/aromatic N) is 2. The van der Waals surface area contributed by atoms with E-state index in [1.54, 1.807) is 13.0 Å². The number of halogens is 3. The van der Waals surface area contributed by atoms with Gasteiger partial charge in [-0.3, -0.25) is 10.1 Å². The molecule has 0 saturated carbocycles. The Morgan fingerprint density at radius 1 is 1.32 bits per heavy atom. The summed E-state index contributed by atoms with van der Waals surface area (Å²) in [6.45, 7) is 1.72. The summed E-state index contributed by atoms with van der Waals surface area (Å²) in [5.41, 5.74) is 0.465. The highest BCUT2D eigenvalue weighted by Gasteiger charge is 2.15. The Kier molecular flexibility index (Phi) is 3.71. The number of aryl methyl sites for hydroxylation is 1. The van der Waals surface area contributed by atoms with Gasteiger partial charge in [-0.15, -0.1) is 0 Å². The average molecular weight is 284 g/mol. The summed E-state index contributed by atoms with van der Waals surface area (Å²) in [5.74, 6) is -2.92. The highest BCUT2D eigenvalue weighted by Crippen LogP contribution is 2.20. The smallest absolute Gasteiger partial charge is 0.259 e. The SMILES string of the molecule is Cc1ccnc(NC(=O)c2cc(F)c(F)cc2Cl)n1. The van der Waals surface area contributed by atoms with E-state index in [-0.39, 0.29) is 16.5 Å². The Balaban J connectivity index is 2.28. The number of nitrogens with one attached hydrogen (secondary N) is 1. The Morgan fingerprint density at radius 3 is 2.68 bits per heavy atom. The van der Waals surface area contributed by atoms with Crippen LogP contribution in [0.2, 0.25) is 5.02 Å². The van der Waals surface area contributed by atoms with Crippen LogP contribution >= 0.6 is 11.6 Å². The predicted octanol–water partition coefficient (Wildman–Crippen LogP) is 2.97. The number of aromatic nitrogens is 2. The van der Waals surface area contributed by atoms with E-state index in [0.717, 1.165) is 12.1 Å². The molecule has 1 aromatic heterocycles. The second kappa shape index (κ2) is 5.27. The topological polar surface area (TPSA) is 54.9 Å². The first-order valence-electron chi connectivity index (χ1n) is 5.23. The Hall–Kier alpha value is -2.08. The monoisotopic (exact) mass is 283 g/mol. The van der Waals surface area contributed by atoms with Gasteiger partial charge in [0.2, 0.25) is 5.95 Å². The molecule has 0 atom stereocenters. The van der Waals surface area contributed by atoms with Crippen LogP contribution in [0.1, 0.15) is 16.1 Å². The van der Waals surface area contributed by atoms with Crippen molar-refractivity contribution < 1.29 is 13.6 Å². The highest BCUT2D eigenvalue weighted by molar-refractivity contribution is 6.34. The molecule has 98 valence electrons. The summed E-state index contributed by atoms with van der Waals surface area (Å²) in [5, 5.41) is 2.16. The van der Waals surface area contributed by atoms with Crippen molar-refractivity contribution in [1.29, 1.82) is 0 Å². The molecule has 0 aliphatic carbocycles. The number of hydrogen-bond acceptors (Lipinski definition) is 3. The van der Waals surface area contributed by atoms with Gasteiger partial charge in [0, 0.05) is 11.9 Å². The van der Waals surface area contributed by atoms with Crippen LogP contribution in [0.3, 0.4) is 0 Å². The van der Waals surface area contributed by atoms with Gasteiger partial charge in [0.25, 0.3) is 5.91 Å². The van der Waals surface area contributed by atoms with Crippen LogP contribution in [0.25, 0.3) is 0 Å². The molecule has 0 spiro atoms. The molecule has 0 bridgehead atoms. The average Bonchev–Trinajstić information content (AvgIpc) is 2.33. The maximum absolute atomic E-state index is 13.1. The first-order chi connectivity index (χ1) is 8.97. The summed E-state index contributed by atoms with van der Waals surface area (Å²) >= 11 is 5.69. The summed E-state index contributed by atoms with van der Waals surface area (Å²) in [6, 6.07) is 3.12. The van der Waals surface area contributed by atoms with Gasteiger partial charge in [-0.2, -0.15) is 0 Å². The normalized spacial score (nSPS) is 10.3. The van der Waals surface area contributed by atoms with Gasteiger partial charge in [0.1, 0.15) is 0 Å². The molecule has 1 N–H and O–H groups in total. The molecule has 1 amide bonds. The molecular weight excluding hydrogens is 276 g/mol. The minimum absolute atomic E-state index is 0.0609. The minimum atomic E-state index is -1.15. The lowest BCUT2D eigenvalue weighted by molar-refractivity contribution is 0.102. The molecular formula is C12H8ClF2N3O. The largest absolute Gasteiger partial charge is 0.290 e. The zero-order chi connectivity index (χ0) is 14.0. The number of benzene rings is 1. The van der Waals surface area contributed by atoms with Crippen LogP contribution in [-0.2, 0) is 0 Å². The van der Waals surface area contributed by atoms with Crippen molar-refractivity contribution in [3.63, 3.8) is 0 Å². The van der Waals surface area contributed by atoms with E-state index in [1.165, 1.54) is 6.20 Å². The Labute approximate surface area is 112 Å². The van der Waals surface area contributed by atoms with Gasteiger partial charge >= 0.3 is 0 Å². The van der Waals surface area contributed by atoms with Gasteiger partial charge in [-0.25, -0.2) is 18.7 Å². The second-order valence-corrected chi connectivity index (χ2v) is 4.13. The number of carbonyl (C=O) groups is 1. The van der Waals surface area contributed by atoms with E-state index in [2.05, 4.69) is 15.3 Å². The van der Waals surface area contributed by atoms with Crippen molar-refractivity contribution in [2.75, 3.05) is 5.32 Å². The molecule has 2 aromatic rings. The third kappa shape index (κ3) is 3.03. The summed E-state index contributed by atoms with van der Waals surface area (Å²) < 4.78 is 26.0. The van der Waals surface area contributed by atoms with Crippen LogP contribution in [0.15, 0.2) is 24.4 Å². The molecule has 0 fully saturated rings. The van der Waals surface area contributed by atoms with Crippen molar-refractivity contribution in [3.05, 3.63) is 52.3 Å². The standard InChI is InChI=1S/C12H8ClF2N3O/c1-6-2-3-16-12(17-6)18-11(19)7-4-9(14)10(15)5-8(7)13/h2-5H,1H3,(H,16,17,18,19). The lowest BCUT2D eigenvalue weighted by Crippen LogP contribution is -2.15. The van der Waals surface area contributed by atoms with E-state index >= 15 is 0 Å². The van der Waals surface area contributed by atoms with Crippen molar-refractivity contribution >= 4 is 23.5 Å². The molecule has 0 aliphatic heterocycles. The second-order valence-electron chi connectivity index (χ2n) is 3.72. The van der Waals surface area contributed by atoms with Crippen LogP contribution in [-0.4, -0.2) is 15.9 Å². The Morgan fingerprint density at radius 2 is 2.00 bits per heavy atom. The third-order valence-electron chi connectivity index (χ3n) is 2.27. The number of carbonyl (C=O) groups excluding carboxylic acids is 1. The van der Waals surface area contributed by atoms with E-state index in [4.69, 9.17) is 11.6 Å². The fourth-order valence-corrected chi connectivity index (χ4v) is 1.61. The highest BCUT2D eigenvalue weighted by atomic mass is 35.5. The van der Waals surface area contributed by atoms with Crippen molar-refractivity contribution in [3.8, 4) is 0 Å². The van der Waals surface area contributed by atoms with E-state index in [9.17, 15) is 13.6 Å². The lowest BCUT2D eigenvalue weighted by atomic mass is 10.2. The van der Waals surface area contributed by atoms with E-state index < -0.39 is 17.5 Å². The molecule has 0 aliphatic rings. The lowest BCUT2D eigenvalue weighted by Gasteiger charge is -2.06. The molecule has 0 unspecified atom stereocenters.